The molecule has 0 aliphatic rings. The van der Waals surface area contributed by atoms with E-state index in [9.17, 15) is 14.4 Å². The number of rotatable bonds is 58. The molecule has 1 unspecified atom stereocenters. The summed E-state index contributed by atoms with van der Waals surface area (Å²) in [7, 11) is 0. The Morgan fingerprint density at radius 1 is 0.288 bits per heavy atom. The fourth-order valence-electron chi connectivity index (χ4n) is 9.24. The van der Waals surface area contributed by atoms with Crippen LogP contribution in [-0.2, 0) is 28.6 Å². The van der Waals surface area contributed by atoms with Crippen LogP contribution in [0.5, 0.6) is 0 Å². The van der Waals surface area contributed by atoms with Crippen molar-refractivity contribution in [3.05, 3.63) is 60.8 Å². The Labute approximate surface area is 453 Å². The third-order valence-electron chi connectivity index (χ3n) is 14.0. The maximum absolute atomic E-state index is 12.8. The Hall–Kier alpha value is -2.89. The average molecular weight is 1020 g/mol. The molecule has 0 aliphatic carbocycles. The molecule has 0 heterocycles. The number of esters is 3. The maximum Gasteiger partial charge on any atom is 0.306 e. The molecule has 1 atom stereocenters. The summed E-state index contributed by atoms with van der Waals surface area (Å²) in [4.78, 5) is 38.1. The SMILES string of the molecule is CC/C=C\C/C=C\C/C=C\C/C=C\CCCCCCCCCCCCCCCCCCCCCCC(=O)OCC(COC(=O)CCCCCCCCCCCCC)OC(=O)CCCCCCC/C=C\CCCC. The van der Waals surface area contributed by atoms with Crippen molar-refractivity contribution in [2.45, 2.75) is 335 Å². The summed E-state index contributed by atoms with van der Waals surface area (Å²) >= 11 is 0. The average Bonchev–Trinajstić information content (AvgIpc) is 3.39. The summed E-state index contributed by atoms with van der Waals surface area (Å²) in [6.07, 6.45) is 78.3. The normalized spacial score (nSPS) is 12.4. The molecule has 0 spiro atoms. The van der Waals surface area contributed by atoms with Gasteiger partial charge >= 0.3 is 17.9 Å². The molecule has 0 aromatic carbocycles. The lowest BCUT2D eigenvalue weighted by Gasteiger charge is -2.18. The van der Waals surface area contributed by atoms with E-state index >= 15 is 0 Å². The first-order valence-corrected chi connectivity index (χ1v) is 31.8. The molecule has 6 heteroatoms. The smallest absolute Gasteiger partial charge is 0.306 e. The Morgan fingerprint density at radius 3 is 0.890 bits per heavy atom. The van der Waals surface area contributed by atoms with Gasteiger partial charge in [-0.15, -0.1) is 0 Å². The molecular formula is C67H120O6. The number of carbonyl (C=O) groups excluding carboxylic acids is 3. The van der Waals surface area contributed by atoms with Crippen LogP contribution in [0, 0.1) is 0 Å². The van der Waals surface area contributed by atoms with Crippen molar-refractivity contribution < 1.29 is 28.6 Å². The Bertz CT molecular complexity index is 1310. The molecule has 0 aliphatic heterocycles. The second-order valence-electron chi connectivity index (χ2n) is 21.3. The molecule has 0 saturated carbocycles. The minimum absolute atomic E-state index is 0.0719. The van der Waals surface area contributed by atoms with Crippen LogP contribution >= 0.6 is 0 Å². The molecule has 0 N–H and O–H groups in total. The van der Waals surface area contributed by atoms with Gasteiger partial charge < -0.3 is 14.2 Å². The Balaban J connectivity index is 4.00. The van der Waals surface area contributed by atoms with Crippen molar-refractivity contribution in [2.24, 2.45) is 0 Å². The predicted octanol–water partition coefficient (Wildman–Crippen LogP) is 21.6. The maximum atomic E-state index is 12.8. The van der Waals surface area contributed by atoms with Gasteiger partial charge in [0.15, 0.2) is 6.10 Å². The lowest BCUT2D eigenvalue weighted by Crippen LogP contribution is -2.30. The topological polar surface area (TPSA) is 78.9 Å². The van der Waals surface area contributed by atoms with Gasteiger partial charge in [-0.3, -0.25) is 14.4 Å². The fraction of sp³-hybridized carbons (Fsp3) is 0.806. The van der Waals surface area contributed by atoms with Gasteiger partial charge in [0, 0.05) is 19.3 Å². The minimum atomic E-state index is -0.772. The van der Waals surface area contributed by atoms with Crippen molar-refractivity contribution in [1.82, 2.24) is 0 Å². The molecule has 424 valence electrons. The van der Waals surface area contributed by atoms with Crippen LogP contribution in [0.2, 0.25) is 0 Å². The predicted molar refractivity (Wildman–Crippen MR) is 316 cm³/mol. The summed E-state index contributed by atoms with van der Waals surface area (Å²) in [6, 6.07) is 0. The summed E-state index contributed by atoms with van der Waals surface area (Å²) in [5.74, 6) is -0.866. The van der Waals surface area contributed by atoms with E-state index < -0.39 is 6.10 Å². The molecular weight excluding hydrogens is 901 g/mol. The number of unbranched alkanes of at least 4 members (excludes halogenated alkanes) is 37. The lowest BCUT2D eigenvalue weighted by atomic mass is 10.0. The van der Waals surface area contributed by atoms with Crippen LogP contribution in [0.1, 0.15) is 329 Å². The molecule has 0 radical (unpaired) electrons. The number of carbonyl (C=O) groups is 3. The molecule has 0 amide bonds. The van der Waals surface area contributed by atoms with E-state index in [-0.39, 0.29) is 31.1 Å². The summed E-state index contributed by atoms with van der Waals surface area (Å²) in [6.45, 7) is 6.51. The third kappa shape index (κ3) is 59.9. The van der Waals surface area contributed by atoms with E-state index in [2.05, 4.69) is 81.5 Å². The second-order valence-corrected chi connectivity index (χ2v) is 21.3. The van der Waals surface area contributed by atoms with Gasteiger partial charge in [-0.25, -0.2) is 0 Å². The van der Waals surface area contributed by atoms with Crippen LogP contribution in [0.15, 0.2) is 60.8 Å². The van der Waals surface area contributed by atoms with E-state index in [4.69, 9.17) is 14.2 Å². The zero-order valence-electron chi connectivity index (χ0n) is 48.7. The highest BCUT2D eigenvalue weighted by Crippen LogP contribution is 2.17. The number of allylic oxidation sites excluding steroid dienone is 10. The van der Waals surface area contributed by atoms with Gasteiger partial charge in [-0.05, 0) is 77.0 Å². The van der Waals surface area contributed by atoms with Crippen LogP contribution in [0.3, 0.4) is 0 Å². The first kappa shape index (κ1) is 70.1. The fourth-order valence-corrected chi connectivity index (χ4v) is 9.24. The molecule has 0 aromatic rings. The molecule has 0 rings (SSSR count). The van der Waals surface area contributed by atoms with E-state index in [1.54, 1.807) is 0 Å². The molecule has 6 nitrogen and oxygen atoms in total. The van der Waals surface area contributed by atoms with E-state index in [0.29, 0.717) is 19.3 Å². The minimum Gasteiger partial charge on any atom is -0.462 e. The van der Waals surface area contributed by atoms with Crippen molar-refractivity contribution >= 4 is 17.9 Å². The monoisotopic (exact) mass is 1020 g/mol. The lowest BCUT2D eigenvalue weighted by molar-refractivity contribution is -0.167. The molecule has 0 bridgehead atoms. The summed E-state index contributed by atoms with van der Waals surface area (Å²) < 4.78 is 16.8. The van der Waals surface area contributed by atoms with Crippen LogP contribution in [0.4, 0.5) is 0 Å². The van der Waals surface area contributed by atoms with E-state index in [1.165, 1.54) is 193 Å². The first-order valence-electron chi connectivity index (χ1n) is 31.8. The summed E-state index contributed by atoms with van der Waals surface area (Å²) in [5, 5.41) is 0. The van der Waals surface area contributed by atoms with Gasteiger partial charge in [-0.1, -0.05) is 293 Å². The van der Waals surface area contributed by atoms with Crippen molar-refractivity contribution in [2.75, 3.05) is 13.2 Å². The second kappa shape index (κ2) is 61.7. The molecule has 0 aromatic heterocycles. The standard InChI is InChI=1S/C67H120O6/c1-4-7-10-13-16-19-22-23-24-25-26-27-28-29-30-31-32-33-34-35-36-37-38-39-40-41-42-43-46-48-51-54-57-60-66(69)72-63-64(73-67(70)61-58-55-52-49-45-21-18-15-12-9-6-3)62-71-65(68)59-56-53-50-47-44-20-17-14-11-8-5-2/h7,10,15-16,18-19,23-24,26-27,64H,4-6,8-9,11-14,17,20-22,25,28-63H2,1-3H3/b10-7-,18-15-,19-16-,24-23-,27-26-. The molecule has 0 saturated heterocycles. The van der Waals surface area contributed by atoms with E-state index in [0.717, 1.165) is 96.3 Å². The third-order valence-corrected chi connectivity index (χ3v) is 14.0. The highest BCUT2D eigenvalue weighted by Gasteiger charge is 2.19. The zero-order valence-corrected chi connectivity index (χ0v) is 48.7. The first-order chi connectivity index (χ1) is 36.0. The Morgan fingerprint density at radius 2 is 0.548 bits per heavy atom. The van der Waals surface area contributed by atoms with Gasteiger partial charge in [0.05, 0.1) is 0 Å². The number of ether oxygens (including phenoxy) is 3. The van der Waals surface area contributed by atoms with Gasteiger partial charge in [0.2, 0.25) is 0 Å². The van der Waals surface area contributed by atoms with Crippen molar-refractivity contribution in [1.29, 1.82) is 0 Å². The van der Waals surface area contributed by atoms with Crippen molar-refractivity contribution in [3.63, 3.8) is 0 Å². The molecule has 73 heavy (non-hydrogen) atoms. The van der Waals surface area contributed by atoms with Crippen LogP contribution in [-0.4, -0.2) is 37.2 Å². The highest BCUT2D eigenvalue weighted by molar-refractivity contribution is 5.71. The Kier molecular flexibility index (Phi) is 59.2. The molecule has 0 fully saturated rings. The van der Waals surface area contributed by atoms with Gasteiger partial charge in [-0.2, -0.15) is 0 Å². The number of hydrogen-bond acceptors (Lipinski definition) is 6. The van der Waals surface area contributed by atoms with Crippen LogP contribution < -0.4 is 0 Å². The summed E-state index contributed by atoms with van der Waals surface area (Å²) in [5.41, 5.74) is 0. The largest absolute Gasteiger partial charge is 0.462 e. The van der Waals surface area contributed by atoms with Crippen molar-refractivity contribution in [3.8, 4) is 0 Å². The number of hydrogen-bond donors (Lipinski definition) is 0. The highest BCUT2D eigenvalue weighted by atomic mass is 16.6. The zero-order chi connectivity index (χ0) is 52.9. The van der Waals surface area contributed by atoms with Crippen LogP contribution in [0.25, 0.3) is 0 Å². The van der Waals surface area contributed by atoms with Gasteiger partial charge in [0.25, 0.3) is 0 Å². The quantitative estimate of drug-likeness (QED) is 0.0261. The van der Waals surface area contributed by atoms with E-state index in [1.807, 2.05) is 0 Å². The van der Waals surface area contributed by atoms with Gasteiger partial charge in [0.1, 0.15) is 13.2 Å².